The van der Waals surface area contributed by atoms with Crippen molar-refractivity contribution in [2.75, 3.05) is 5.32 Å². The van der Waals surface area contributed by atoms with E-state index in [0.29, 0.717) is 11.8 Å². The van der Waals surface area contributed by atoms with Crippen LogP contribution in [0.4, 0.5) is 5.69 Å². The number of carbonyl (C=O) groups is 1. The third-order valence-corrected chi connectivity index (χ3v) is 6.47. The second-order valence-corrected chi connectivity index (χ2v) is 7.27. The quantitative estimate of drug-likeness (QED) is 0.706. The van der Waals surface area contributed by atoms with Crippen molar-refractivity contribution in [3.63, 3.8) is 0 Å². The third kappa shape index (κ3) is 2.46. The van der Waals surface area contributed by atoms with Crippen molar-refractivity contribution in [3.05, 3.63) is 26.2 Å². The Morgan fingerprint density at radius 3 is 2.56 bits per heavy atom. The zero-order chi connectivity index (χ0) is 12.7. The Kier molecular flexibility index (Phi) is 3.67. The average Bonchev–Trinajstić information content (AvgIpc) is 3.08. The van der Waals surface area contributed by atoms with E-state index in [1.807, 2.05) is 18.2 Å². The van der Waals surface area contributed by atoms with Gasteiger partial charge in [0.15, 0.2) is 0 Å². The first-order valence-corrected chi connectivity index (χ1v) is 8.30. The number of rotatable bonds is 2. The summed E-state index contributed by atoms with van der Waals surface area (Å²) in [6.45, 7) is 0. The lowest BCUT2D eigenvalue weighted by Crippen LogP contribution is -2.15. The topological polar surface area (TPSA) is 29.1 Å². The maximum atomic E-state index is 12.2. The van der Waals surface area contributed by atoms with Crippen molar-refractivity contribution in [2.24, 2.45) is 17.8 Å². The molecule has 18 heavy (non-hydrogen) atoms. The first kappa shape index (κ1) is 12.9. The molecule has 0 radical (unpaired) electrons. The first-order valence-electron chi connectivity index (χ1n) is 6.43. The molecule has 2 aliphatic carbocycles. The van der Waals surface area contributed by atoms with E-state index in [0.717, 1.165) is 13.7 Å². The van der Waals surface area contributed by atoms with Gasteiger partial charge in [0.05, 0.1) is 0 Å². The molecule has 2 saturated carbocycles. The fraction of sp³-hybridized carbons (Fsp3) is 0.500. The lowest BCUT2D eigenvalue weighted by atomic mass is 10.0. The van der Waals surface area contributed by atoms with Crippen LogP contribution in [0.1, 0.15) is 25.7 Å². The van der Waals surface area contributed by atoms with Gasteiger partial charge in [0, 0.05) is 19.6 Å². The van der Waals surface area contributed by atoms with Crippen LogP contribution in [0.2, 0.25) is 0 Å². The number of hydrogen-bond donors (Lipinski definition) is 1. The molecule has 0 heterocycles. The molecule has 0 aliphatic heterocycles. The van der Waals surface area contributed by atoms with E-state index in [4.69, 9.17) is 0 Å². The van der Waals surface area contributed by atoms with Crippen LogP contribution in [0.25, 0.3) is 0 Å². The molecule has 3 rings (SSSR count). The van der Waals surface area contributed by atoms with Gasteiger partial charge in [-0.3, -0.25) is 4.79 Å². The van der Waals surface area contributed by atoms with Gasteiger partial charge >= 0.3 is 0 Å². The molecule has 2 unspecified atom stereocenters. The molecule has 0 aromatic heterocycles. The number of halogens is 2. The van der Waals surface area contributed by atoms with Gasteiger partial charge in [0.2, 0.25) is 5.91 Å². The highest BCUT2D eigenvalue weighted by atomic mass is 127. The van der Waals surface area contributed by atoms with Gasteiger partial charge in [-0.1, -0.05) is 12.8 Å². The average molecular weight is 420 g/mol. The van der Waals surface area contributed by atoms with Crippen LogP contribution < -0.4 is 5.32 Å². The third-order valence-electron chi connectivity index (χ3n) is 4.15. The van der Waals surface area contributed by atoms with Crippen LogP contribution in [0.15, 0.2) is 22.7 Å². The minimum absolute atomic E-state index is 0.227. The molecule has 2 atom stereocenters. The van der Waals surface area contributed by atoms with Gasteiger partial charge in [0.25, 0.3) is 0 Å². The highest BCUT2D eigenvalue weighted by molar-refractivity contribution is 14.1. The number of fused-ring (bicyclic) bond motifs is 1. The predicted octanol–water partition coefficient (Wildman–Crippen LogP) is 4.43. The minimum atomic E-state index is 0.227. The van der Waals surface area contributed by atoms with Gasteiger partial charge in [-0.05, 0) is 81.4 Å². The van der Waals surface area contributed by atoms with Gasteiger partial charge < -0.3 is 5.32 Å². The number of anilines is 1. The number of nitrogens with one attached hydrogen (secondary N) is 1. The summed E-state index contributed by atoms with van der Waals surface area (Å²) in [6, 6.07) is 5.95. The van der Waals surface area contributed by atoms with E-state index in [9.17, 15) is 4.79 Å². The summed E-state index contributed by atoms with van der Waals surface area (Å²) in [7, 11) is 0. The van der Waals surface area contributed by atoms with Crippen molar-refractivity contribution in [3.8, 4) is 0 Å². The molecule has 1 amide bonds. The summed E-state index contributed by atoms with van der Waals surface area (Å²) in [4.78, 5) is 12.2. The SMILES string of the molecule is O=C(Nc1ccc(Br)c(I)c1)C1C2CCCCC21. The summed E-state index contributed by atoms with van der Waals surface area (Å²) in [5.41, 5.74) is 0.913. The molecule has 1 aromatic carbocycles. The molecule has 4 heteroatoms. The summed E-state index contributed by atoms with van der Waals surface area (Å²) in [6.07, 6.45) is 5.11. The van der Waals surface area contributed by atoms with Crippen molar-refractivity contribution < 1.29 is 4.79 Å². The van der Waals surface area contributed by atoms with Crippen LogP contribution in [0, 0.1) is 21.3 Å². The maximum Gasteiger partial charge on any atom is 0.228 e. The molecule has 0 bridgehead atoms. The van der Waals surface area contributed by atoms with Crippen molar-refractivity contribution in [1.29, 1.82) is 0 Å². The van der Waals surface area contributed by atoms with E-state index < -0.39 is 0 Å². The lowest BCUT2D eigenvalue weighted by Gasteiger charge is -2.06. The summed E-state index contributed by atoms with van der Waals surface area (Å²) in [5.74, 6) is 1.86. The smallest absolute Gasteiger partial charge is 0.228 e. The molecular formula is C14H15BrINO. The summed E-state index contributed by atoms with van der Waals surface area (Å²) < 4.78 is 2.19. The summed E-state index contributed by atoms with van der Waals surface area (Å²) in [5, 5.41) is 3.06. The van der Waals surface area contributed by atoms with Gasteiger partial charge in [-0.15, -0.1) is 0 Å². The van der Waals surface area contributed by atoms with Crippen molar-refractivity contribution in [2.45, 2.75) is 25.7 Å². The van der Waals surface area contributed by atoms with E-state index in [-0.39, 0.29) is 11.8 Å². The van der Waals surface area contributed by atoms with Gasteiger partial charge in [0.1, 0.15) is 0 Å². The fourth-order valence-corrected chi connectivity index (χ4v) is 3.94. The Balaban J connectivity index is 1.66. The number of carbonyl (C=O) groups excluding carboxylic acids is 1. The zero-order valence-corrected chi connectivity index (χ0v) is 13.7. The molecule has 96 valence electrons. The van der Waals surface area contributed by atoms with Crippen molar-refractivity contribution in [1.82, 2.24) is 0 Å². The van der Waals surface area contributed by atoms with E-state index in [1.165, 1.54) is 25.7 Å². The maximum absolute atomic E-state index is 12.2. The summed E-state index contributed by atoms with van der Waals surface area (Å²) >= 11 is 5.73. The van der Waals surface area contributed by atoms with Crippen LogP contribution in [-0.4, -0.2) is 5.91 Å². The lowest BCUT2D eigenvalue weighted by molar-refractivity contribution is -0.117. The molecule has 1 aromatic rings. The van der Waals surface area contributed by atoms with Crippen LogP contribution >= 0.6 is 38.5 Å². The zero-order valence-electron chi connectivity index (χ0n) is 9.96. The second kappa shape index (κ2) is 5.12. The van der Waals surface area contributed by atoms with Gasteiger partial charge in [-0.2, -0.15) is 0 Å². The van der Waals surface area contributed by atoms with Crippen LogP contribution in [0.3, 0.4) is 0 Å². The molecule has 0 saturated heterocycles. The van der Waals surface area contributed by atoms with E-state index in [2.05, 4.69) is 43.8 Å². The number of benzene rings is 1. The molecular weight excluding hydrogens is 405 g/mol. The number of amides is 1. The highest BCUT2D eigenvalue weighted by Crippen LogP contribution is 2.55. The fourth-order valence-electron chi connectivity index (χ4n) is 3.18. The molecule has 2 nitrogen and oxygen atoms in total. The Morgan fingerprint density at radius 1 is 1.28 bits per heavy atom. The van der Waals surface area contributed by atoms with E-state index in [1.54, 1.807) is 0 Å². The normalized spacial score (nSPS) is 29.6. The Labute approximate surface area is 129 Å². The monoisotopic (exact) mass is 419 g/mol. The van der Waals surface area contributed by atoms with Crippen molar-refractivity contribution >= 4 is 50.1 Å². The Bertz CT molecular complexity index is 479. The minimum Gasteiger partial charge on any atom is -0.326 e. The second-order valence-electron chi connectivity index (χ2n) is 5.26. The predicted molar refractivity (Wildman–Crippen MR) is 84.4 cm³/mol. The molecule has 2 aliphatic rings. The van der Waals surface area contributed by atoms with Crippen LogP contribution in [-0.2, 0) is 4.79 Å². The number of hydrogen-bond acceptors (Lipinski definition) is 1. The van der Waals surface area contributed by atoms with E-state index >= 15 is 0 Å². The standard InChI is InChI=1S/C14H15BrINO/c15-11-6-5-8(7-12(11)16)17-14(18)13-9-3-1-2-4-10(9)13/h5-7,9-10,13H,1-4H2,(H,17,18). The Hall–Kier alpha value is -0.100. The molecule has 1 N–H and O–H groups in total. The first-order chi connectivity index (χ1) is 8.66. The van der Waals surface area contributed by atoms with Crippen LogP contribution in [0.5, 0.6) is 0 Å². The van der Waals surface area contributed by atoms with Gasteiger partial charge in [-0.25, -0.2) is 0 Å². The largest absolute Gasteiger partial charge is 0.326 e. The highest BCUT2D eigenvalue weighted by Gasteiger charge is 2.54. The Morgan fingerprint density at radius 2 is 1.94 bits per heavy atom. The molecule has 0 spiro atoms. The molecule has 2 fully saturated rings.